The molecule has 0 amide bonds. The van der Waals surface area contributed by atoms with E-state index in [9.17, 15) is 13.5 Å². The van der Waals surface area contributed by atoms with Crippen LogP contribution in [0, 0.1) is 0 Å². The van der Waals surface area contributed by atoms with Crippen molar-refractivity contribution in [3.8, 4) is 0 Å². The van der Waals surface area contributed by atoms with Gasteiger partial charge >= 0.3 is 0 Å². The highest BCUT2D eigenvalue weighted by Crippen LogP contribution is 2.31. The molecule has 112 valence electrons. The summed E-state index contributed by atoms with van der Waals surface area (Å²) in [5, 5.41) is 9.76. The van der Waals surface area contributed by atoms with E-state index in [1.807, 2.05) is 0 Å². The van der Waals surface area contributed by atoms with Gasteiger partial charge in [0.15, 0.2) is 0 Å². The molecule has 1 saturated carbocycles. The molecule has 0 atom stereocenters. The summed E-state index contributed by atoms with van der Waals surface area (Å²) in [5.41, 5.74) is -0.756. The van der Waals surface area contributed by atoms with Crippen molar-refractivity contribution in [2.75, 3.05) is 6.61 Å². The topological polar surface area (TPSA) is 66.4 Å². The fraction of sp³-hybridized carbons (Fsp3) is 0.538. The molecule has 0 bridgehead atoms. The van der Waals surface area contributed by atoms with Gasteiger partial charge in [0.25, 0.3) is 0 Å². The highest BCUT2D eigenvalue weighted by molar-refractivity contribution is 9.10. The van der Waals surface area contributed by atoms with Crippen LogP contribution in [-0.2, 0) is 10.0 Å². The van der Waals surface area contributed by atoms with E-state index in [-0.39, 0.29) is 16.5 Å². The highest BCUT2D eigenvalue weighted by Gasteiger charge is 2.36. The quantitative estimate of drug-likeness (QED) is 0.841. The maximum Gasteiger partial charge on any atom is 0.242 e. The fourth-order valence-electron chi connectivity index (χ4n) is 2.55. The number of nitrogens with one attached hydrogen (secondary N) is 1. The SMILES string of the molecule is O=S(=O)(NC1(CO)CCCCC1)c1ccc(Br)cc1Cl. The summed E-state index contributed by atoms with van der Waals surface area (Å²) >= 11 is 9.25. The average molecular weight is 383 g/mol. The van der Waals surface area contributed by atoms with Gasteiger partial charge in [0.2, 0.25) is 10.0 Å². The lowest BCUT2D eigenvalue weighted by Gasteiger charge is -2.36. The Kier molecular flexibility index (Phi) is 5.13. The summed E-state index contributed by atoms with van der Waals surface area (Å²) in [5.74, 6) is 0. The molecule has 1 aromatic carbocycles. The standard InChI is InChI=1S/C13H17BrClNO3S/c14-10-4-5-12(11(15)8-10)20(18,19)16-13(9-17)6-2-1-3-7-13/h4-5,8,16-17H,1-3,6-7,9H2. The van der Waals surface area contributed by atoms with E-state index in [0.29, 0.717) is 12.8 Å². The predicted molar refractivity (Wildman–Crippen MR) is 82.4 cm³/mol. The molecule has 20 heavy (non-hydrogen) atoms. The van der Waals surface area contributed by atoms with Crippen molar-refractivity contribution in [3.05, 3.63) is 27.7 Å². The third-order valence-corrected chi connectivity index (χ3v) is 6.20. The molecule has 1 aliphatic carbocycles. The molecular weight excluding hydrogens is 366 g/mol. The van der Waals surface area contributed by atoms with Gasteiger partial charge in [0.1, 0.15) is 4.90 Å². The molecule has 1 aliphatic rings. The van der Waals surface area contributed by atoms with Crippen LogP contribution in [0.1, 0.15) is 32.1 Å². The normalized spacial score (nSPS) is 18.9. The number of aliphatic hydroxyl groups excluding tert-OH is 1. The molecule has 0 aliphatic heterocycles. The Labute approximate surface area is 132 Å². The minimum absolute atomic E-state index is 0.0424. The average Bonchev–Trinajstić information content (AvgIpc) is 2.38. The van der Waals surface area contributed by atoms with Crippen LogP contribution in [-0.4, -0.2) is 25.7 Å². The molecule has 0 aromatic heterocycles. The van der Waals surface area contributed by atoms with Crippen LogP contribution in [0.4, 0.5) is 0 Å². The summed E-state index contributed by atoms with van der Waals surface area (Å²) < 4.78 is 28.3. The van der Waals surface area contributed by atoms with E-state index in [4.69, 9.17) is 11.6 Å². The van der Waals surface area contributed by atoms with Gasteiger partial charge in [-0.3, -0.25) is 0 Å². The number of halogens is 2. The Bertz CT molecular complexity index is 585. The zero-order valence-corrected chi connectivity index (χ0v) is 14.1. The van der Waals surface area contributed by atoms with Crippen molar-refractivity contribution in [3.63, 3.8) is 0 Å². The Morgan fingerprint density at radius 1 is 1.30 bits per heavy atom. The van der Waals surface area contributed by atoms with Gasteiger partial charge in [-0.05, 0) is 31.0 Å². The van der Waals surface area contributed by atoms with Gasteiger partial charge in [-0.1, -0.05) is 46.8 Å². The van der Waals surface area contributed by atoms with Crippen LogP contribution in [0.3, 0.4) is 0 Å². The summed E-state index contributed by atoms with van der Waals surface area (Å²) in [6.45, 7) is -0.194. The Balaban J connectivity index is 2.30. The van der Waals surface area contributed by atoms with Gasteiger partial charge < -0.3 is 5.11 Å². The van der Waals surface area contributed by atoms with E-state index in [0.717, 1.165) is 23.7 Å². The third-order valence-electron chi connectivity index (χ3n) is 3.65. The largest absolute Gasteiger partial charge is 0.394 e. The summed E-state index contributed by atoms with van der Waals surface area (Å²) in [4.78, 5) is 0.0424. The molecule has 7 heteroatoms. The van der Waals surface area contributed by atoms with Gasteiger partial charge in [-0.2, -0.15) is 0 Å². The predicted octanol–water partition coefficient (Wildman–Crippen LogP) is 3.08. The number of hydrogen-bond donors (Lipinski definition) is 2. The first-order chi connectivity index (χ1) is 9.38. The first kappa shape index (κ1) is 16.2. The number of aliphatic hydroxyl groups is 1. The first-order valence-corrected chi connectivity index (χ1v) is 9.14. The lowest BCUT2D eigenvalue weighted by Crippen LogP contribution is -2.52. The number of hydrogen-bond acceptors (Lipinski definition) is 3. The molecule has 2 N–H and O–H groups in total. The molecule has 0 heterocycles. The molecular formula is C13H17BrClNO3S. The molecule has 0 saturated heterocycles. The Hall–Kier alpha value is -0.140. The van der Waals surface area contributed by atoms with Crippen molar-refractivity contribution in [2.45, 2.75) is 42.5 Å². The number of sulfonamides is 1. The van der Waals surface area contributed by atoms with Crippen LogP contribution < -0.4 is 4.72 Å². The molecule has 0 radical (unpaired) electrons. The number of benzene rings is 1. The summed E-state index contributed by atoms with van der Waals surface area (Å²) in [7, 11) is -3.74. The Morgan fingerprint density at radius 3 is 2.50 bits per heavy atom. The van der Waals surface area contributed by atoms with E-state index in [1.165, 1.54) is 6.07 Å². The van der Waals surface area contributed by atoms with Gasteiger partial charge in [-0.15, -0.1) is 0 Å². The van der Waals surface area contributed by atoms with Crippen molar-refractivity contribution in [1.29, 1.82) is 0 Å². The lowest BCUT2D eigenvalue weighted by atomic mass is 9.83. The van der Waals surface area contributed by atoms with Crippen molar-refractivity contribution < 1.29 is 13.5 Å². The summed E-state index contributed by atoms with van der Waals surface area (Å²) in [6.07, 6.45) is 4.20. The molecule has 1 aromatic rings. The zero-order chi connectivity index (χ0) is 14.8. The minimum atomic E-state index is -3.74. The van der Waals surface area contributed by atoms with Crippen LogP contribution in [0.25, 0.3) is 0 Å². The van der Waals surface area contributed by atoms with Crippen LogP contribution in [0.15, 0.2) is 27.6 Å². The van der Waals surface area contributed by atoms with Crippen LogP contribution >= 0.6 is 27.5 Å². The second-order valence-electron chi connectivity index (χ2n) is 5.18. The van der Waals surface area contributed by atoms with Crippen molar-refractivity contribution in [2.24, 2.45) is 0 Å². The maximum absolute atomic E-state index is 12.5. The Morgan fingerprint density at radius 2 is 1.95 bits per heavy atom. The second-order valence-corrected chi connectivity index (χ2v) is 8.15. The number of rotatable bonds is 4. The van der Waals surface area contributed by atoms with Crippen LogP contribution in [0.5, 0.6) is 0 Å². The molecule has 0 spiro atoms. The molecule has 2 rings (SSSR count). The zero-order valence-electron chi connectivity index (χ0n) is 10.9. The third kappa shape index (κ3) is 3.54. The van der Waals surface area contributed by atoms with Crippen LogP contribution in [0.2, 0.25) is 5.02 Å². The smallest absolute Gasteiger partial charge is 0.242 e. The molecule has 4 nitrogen and oxygen atoms in total. The lowest BCUT2D eigenvalue weighted by molar-refractivity contribution is 0.142. The van der Waals surface area contributed by atoms with E-state index >= 15 is 0 Å². The van der Waals surface area contributed by atoms with E-state index < -0.39 is 15.6 Å². The first-order valence-electron chi connectivity index (χ1n) is 6.48. The van der Waals surface area contributed by atoms with E-state index in [2.05, 4.69) is 20.7 Å². The second kappa shape index (κ2) is 6.32. The van der Waals surface area contributed by atoms with Gasteiger partial charge in [-0.25, -0.2) is 13.1 Å². The fourth-order valence-corrected chi connectivity index (χ4v) is 5.04. The molecule has 1 fully saturated rings. The monoisotopic (exact) mass is 381 g/mol. The van der Waals surface area contributed by atoms with E-state index in [1.54, 1.807) is 12.1 Å². The summed E-state index contributed by atoms with van der Waals surface area (Å²) in [6, 6.07) is 4.64. The maximum atomic E-state index is 12.5. The van der Waals surface area contributed by atoms with Gasteiger partial charge in [0.05, 0.1) is 17.2 Å². The molecule has 0 unspecified atom stereocenters. The van der Waals surface area contributed by atoms with Crippen molar-refractivity contribution in [1.82, 2.24) is 4.72 Å². The highest BCUT2D eigenvalue weighted by atomic mass is 79.9. The van der Waals surface area contributed by atoms with Gasteiger partial charge in [0, 0.05) is 4.47 Å². The van der Waals surface area contributed by atoms with Crippen molar-refractivity contribution >= 4 is 37.6 Å². The minimum Gasteiger partial charge on any atom is -0.394 e.